The van der Waals surface area contributed by atoms with Crippen molar-refractivity contribution in [3.8, 4) is 6.07 Å². The maximum Gasteiger partial charge on any atom is 0.264 e. The average molecular weight is 323 g/mol. The molecule has 0 fully saturated rings. The highest BCUT2D eigenvalue weighted by atomic mass is 35.5. The molecule has 8 heteroatoms. The lowest BCUT2D eigenvalue weighted by atomic mass is 10.2. The van der Waals surface area contributed by atoms with Gasteiger partial charge in [0.05, 0.1) is 22.0 Å². The van der Waals surface area contributed by atoms with E-state index < -0.39 is 10.0 Å². The fraction of sp³-hybridized carbons (Fsp3) is 0. The van der Waals surface area contributed by atoms with E-state index in [2.05, 4.69) is 10.1 Å². The first kappa shape index (κ1) is 15.1. The number of nitriles is 1. The van der Waals surface area contributed by atoms with E-state index in [1.54, 1.807) is 18.2 Å². The molecule has 0 atom stereocenters. The van der Waals surface area contributed by atoms with Crippen molar-refractivity contribution in [1.82, 2.24) is 0 Å². The fourth-order valence-corrected chi connectivity index (χ4v) is 3.14. The monoisotopic (exact) mass is 322 g/mol. The molecule has 0 amide bonds. The molecule has 0 unspecified atom stereocenters. The zero-order valence-corrected chi connectivity index (χ0v) is 12.2. The number of para-hydroxylation sites is 1. The van der Waals surface area contributed by atoms with Crippen LogP contribution in [-0.2, 0) is 10.0 Å². The van der Waals surface area contributed by atoms with Crippen LogP contribution in [-0.4, -0.2) is 8.42 Å². The van der Waals surface area contributed by atoms with E-state index in [-0.39, 0.29) is 26.9 Å². The summed E-state index contributed by atoms with van der Waals surface area (Å²) in [4.78, 5) is 0.00739. The van der Waals surface area contributed by atoms with E-state index in [0.29, 0.717) is 0 Å². The van der Waals surface area contributed by atoms with Gasteiger partial charge in [-0.1, -0.05) is 23.7 Å². The molecule has 0 heterocycles. The van der Waals surface area contributed by atoms with Gasteiger partial charge in [-0.25, -0.2) is 8.42 Å². The Balaban J connectivity index is 2.38. The Kier molecular flexibility index (Phi) is 4.33. The highest BCUT2D eigenvalue weighted by Gasteiger charge is 2.18. The van der Waals surface area contributed by atoms with Crippen LogP contribution >= 0.6 is 11.6 Å². The molecular weight excluding hydrogens is 312 g/mol. The molecule has 0 aliphatic heterocycles. The van der Waals surface area contributed by atoms with Crippen molar-refractivity contribution in [2.24, 2.45) is 5.84 Å². The van der Waals surface area contributed by atoms with Gasteiger partial charge < -0.3 is 5.43 Å². The Labute approximate surface area is 127 Å². The van der Waals surface area contributed by atoms with Crippen LogP contribution in [0.25, 0.3) is 0 Å². The van der Waals surface area contributed by atoms with Crippen molar-refractivity contribution >= 4 is 33.0 Å². The summed E-state index contributed by atoms with van der Waals surface area (Å²) in [5, 5.41) is 8.96. The van der Waals surface area contributed by atoms with Gasteiger partial charge in [0.1, 0.15) is 11.0 Å². The normalized spacial score (nSPS) is 10.7. The third kappa shape index (κ3) is 3.25. The van der Waals surface area contributed by atoms with Crippen LogP contribution in [0.2, 0.25) is 5.02 Å². The number of nitrogens with one attached hydrogen (secondary N) is 2. The summed E-state index contributed by atoms with van der Waals surface area (Å²) >= 11 is 5.87. The van der Waals surface area contributed by atoms with Crippen molar-refractivity contribution in [2.75, 3.05) is 10.1 Å². The van der Waals surface area contributed by atoms with Crippen LogP contribution < -0.4 is 16.0 Å². The highest BCUT2D eigenvalue weighted by molar-refractivity contribution is 7.92. The number of sulfonamides is 1. The molecule has 2 rings (SSSR count). The molecular formula is C13H11ClN4O2S. The Morgan fingerprint density at radius 2 is 1.90 bits per heavy atom. The third-order valence-electron chi connectivity index (χ3n) is 2.67. The van der Waals surface area contributed by atoms with E-state index in [1.807, 2.05) is 6.07 Å². The second kappa shape index (κ2) is 6.01. The molecule has 2 aromatic rings. The van der Waals surface area contributed by atoms with Gasteiger partial charge in [-0.15, -0.1) is 0 Å². The molecule has 0 spiro atoms. The topological polar surface area (TPSA) is 108 Å². The number of hydrogen-bond acceptors (Lipinski definition) is 5. The van der Waals surface area contributed by atoms with Gasteiger partial charge in [0.25, 0.3) is 10.0 Å². The zero-order chi connectivity index (χ0) is 15.5. The molecule has 0 bridgehead atoms. The minimum atomic E-state index is -3.83. The number of anilines is 2. The molecule has 0 aliphatic carbocycles. The van der Waals surface area contributed by atoms with E-state index in [9.17, 15) is 8.42 Å². The summed E-state index contributed by atoms with van der Waals surface area (Å²) in [5.41, 5.74) is 3.12. The Bertz CT molecular complexity index is 815. The summed E-state index contributed by atoms with van der Waals surface area (Å²) in [6.45, 7) is 0. The molecule has 0 aromatic heterocycles. The van der Waals surface area contributed by atoms with Crippen molar-refractivity contribution in [3.63, 3.8) is 0 Å². The zero-order valence-electron chi connectivity index (χ0n) is 10.7. The largest absolute Gasteiger partial charge is 0.323 e. The van der Waals surface area contributed by atoms with E-state index >= 15 is 0 Å². The maximum absolute atomic E-state index is 12.3. The van der Waals surface area contributed by atoms with Crippen molar-refractivity contribution < 1.29 is 8.42 Å². The Morgan fingerprint density at radius 3 is 2.52 bits per heavy atom. The fourth-order valence-electron chi connectivity index (χ4n) is 1.70. The van der Waals surface area contributed by atoms with Crippen LogP contribution in [0.4, 0.5) is 11.4 Å². The predicted octanol–water partition coefficient (Wildman–Crippen LogP) is 2.30. The minimum absolute atomic E-state index is 0.00739. The maximum atomic E-state index is 12.3. The standard InChI is InChI=1S/C13H11ClN4O2S/c14-11-7-10(6-5-9(11)8-15)18-21(19,20)13-4-2-1-3-12(13)17-16/h1-7,17-18H,16H2. The second-order valence-corrected chi connectivity index (χ2v) is 6.11. The van der Waals surface area contributed by atoms with Crippen LogP contribution in [0, 0.1) is 11.3 Å². The third-order valence-corrected chi connectivity index (χ3v) is 4.43. The molecule has 0 saturated heterocycles. The van der Waals surface area contributed by atoms with Crippen molar-refractivity contribution in [2.45, 2.75) is 4.90 Å². The first-order valence-corrected chi connectivity index (χ1v) is 7.62. The van der Waals surface area contributed by atoms with E-state index in [1.165, 1.54) is 24.3 Å². The lowest BCUT2D eigenvalue weighted by Gasteiger charge is -2.12. The molecule has 21 heavy (non-hydrogen) atoms. The van der Waals surface area contributed by atoms with Gasteiger partial charge >= 0.3 is 0 Å². The Hall–Kier alpha value is -2.27. The number of benzene rings is 2. The summed E-state index contributed by atoms with van der Waals surface area (Å²) in [7, 11) is -3.83. The van der Waals surface area contributed by atoms with Crippen molar-refractivity contribution in [1.29, 1.82) is 5.26 Å². The number of nitrogens with two attached hydrogens (primary N) is 1. The number of nitrogen functional groups attached to an aromatic ring is 1. The second-order valence-electron chi connectivity index (χ2n) is 4.05. The number of hydrazine groups is 1. The molecule has 0 saturated carbocycles. The van der Waals surface area contributed by atoms with Crippen molar-refractivity contribution in [3.05, 3.63) is 53.1 Å². The predicted molar refractivity (Wildman–Crippen MR) is 81.2 cm³/mol. The number of hydrogen-bond donors (Lipinski definition) is 3. The number of halogens is 1. The summed E-state index contributed by atoms with van der Waals surface area (Å²) in [6.07, 6.45) is 0. The van der Waals surface area contributed by atoms with E-state index in [4.69, 9.17) is 22.7 Å². The molecule has 4 N–H and O–H groups in total. The first-order chi connectivity index (χ1) is 9.97. The van der Waals surface area contributed by atoms with Crippen LogP contribution in [0.5, 0.6) is 0 Å². The molecule has 108 valence electrons. The van der Waals surface area contributed by atoms with Gasteiger partial charge in [0.15, 0.2) is 0 Å². The first-order valence-electron chi connectivity index (χ1n) is 5.76. The summed E-state index contributed by atoms with van der Waals surface area (Å²) in [6, 6.07) is 12.4. The van der Waals surface area contributed by atoms with Crippen LogP contribution in [0.15, 0.2) is 47.4 Å². The van der Waals surface area contributed by atoms with E-state index in [0.717, 1.165) is 0 Å². The average Bonchev–Trinajstić information content (AvgIpc) is 2.47. The summed E-state index contributed by atoms with van der Waals surface area (Å²) in [5.74, 6) is 5.30. The van der Waals surface area contributed by atoms with Gasteiger partial charge in [-0.05, 0) is 30.3 Å². The van der Waals surface area contributed by atoms with Gasteiger partial charge in [0, 0.05) is 0 Å². The Morgan fingerprint density at radius 1 is 1.19 bits per heavy atom. The lowest BCUT2D eigenvalue weighted by molar-refractivity contribution is 0.601. The molecule has 2 aromatic carbocycles. The quantitative estimate of drug-likeness (QED) is 0.591. The van der Waals surface area contributed by atoms with Gasteiger partial charge in [-0.3, -0.25) is 10.6 Å². The van der Waals surface area contributed by atoms with Crippen LogP contribution in [0.1, 0.15) is 5.56 Å². The molecule has 0 radical (unpaired) electrons. The lowest BCUT2D eigenvalue weighted by Crippen LogP contribution is -2.17. The van der Waals surface area contributed by atoms with Crippen LogP contribution in [0.3, 0.4) is 0 Å². The highest BCUT2D eigenvalue weighted by Crippen LogP contribution is 2.25. The molecule has 6 nitrogen and oxygen atoms in total. The summed E-state index contributed by atoms with van der Waals surface area (Å²) < 4.78 is 27.0. The van der Waals surface area contributed by atoms with Gasteiger partial charge in [-0.2, -0.15) is 5.26 Å². The minimum Gasteiger partial charge on any atom is -0.323 e. The number of rotatable bonds is 4. The SMILES string of the molecule is N#Cc1ccc(NS(=O)(=O)c2ccccc2NN)cc1Cl. The van der Waals surface area contributed by atoms with Gasteiger partial charge in [0.2, 0.25) is 0 Å². The smallest absolute Gasteiger partial charge is 0.264 e. The number of nitrogens with zero attached hydrogens (tertiary/aromatic N) is 1. The molecule has 0 aliphatic rings.